The average molecular weight is 295 g/mol. The normalized spacial score (nSPS) is 30.9. The summed E-state index contributed by atoms with van der Waals surface area (Å²) in [6.45, 7) is 9.55. The zero-order chi connectivity index (χ0) is 15.6. The van der Waals surface area contributed by atoms with Gasteiger partial charge in [-0.3, -0.25) is 9.69 Å². The van der Waals surface area contributed by atoms with Gasteiger partial charge in [-0.15, -0.1) is 0 Å². The van der Waals surface area contributed by atoms with Crippen molar-refractivity contribution < 1.29 is 4.79 Å². The minimum atomic E-state index is -0.612. The zero-order valence-electron chi connectivity index (χ0n) is 14.2. The molecule has 1 aliphatic heterocycles. The molecule has 4 atom stereocenters. The number of nitrogens with one attached hydrogen (secondary N) is 1. The van der Waals surface area contributed by atoms with Crippen LogP contribution in [0.1, 0.15) is 66.2 Å². The number of hydrogen-bond donors (Lipinski definition) is 2. The van der Waals surface area contributed by atoms with Gasteiger partial charge in [0.2, 0.25) is 5.91 Å². The molecule has 0 bridgehead atoms. The van der Waals surface area contributed by atoms with Crippen molar-refractivity contribution >= 4 is 5.91 Å². The third kappa shape index (κ3) is 3.78. The molecule has 21 heavy (non-hydrogen) atoms. The number of nitrogens with zero attached hydrogens (tertiary/aromatic N) is 1. The highest BCUT2D eigenvalue weighted by molar-refractivity contribution is 5.84. The first kappa shape index (κ1) is 16.8. The van der Waals surface area contributed by atoms with E-state index < -0.39 is 5.54 Å². The van der Waals surface area contributed by atoms with Gasteiger partial charge in [0.25, 0.3) is 0 Å². The number of piperidine rings is 1. The lowest BCUT2D eigenvalue weighted by molar-refractivity contribution is -0.125. The molecule has 1 heterocycles. The molecule has 1 aliphatic carbocycles. The van der Waals surface area contributed by atoms with Gasteiger partial charge >= 0.3 is 0 Å². The summed E-state index contributed by atoms with van der Waals surface area (Å²) in [4.78, 5) is 14.6. The number of carbonyl (C=O) groups excluding carboxylic acids is 1. The highest BCUT2D eigenvalue weighted by Gasteiger charge is 2.40. The molecule has 0 aromatic rings. The highest BCUT2D eigenvalue weighted by atomic mass is 16.1. The number of amides is 1. The number of rotatable bonds is 6. The molecule has 2 aliphatic rings. The van der Waals surface area contributed by atoms with E-state index in [9.17, 15) is 4.79 Å². The van der Waals surface area contributed by atoms with Gasteiger partial charge in [-0.1, -0.05) is 6.42 Å². The van der Waals surface area contributed by atoms with Crippen LogP contribution in [0.4, 0.5) is 0 Å². The van der Waals surface area contributed by atoms with Gasteiger partial charge in [0.05, 0.1) is 5.54 Å². The van der Waals surface area contributed by atoms with Crippen LogP contribution < -0.4 is 11.1 Å². The van der Waals surface area contributed by atoms with Gasteiger partial charge in [-0.05, 0) is 72.3 Å². The summed E-state index contributed by atoms with van der Waals surface area (Å²) in [5, 5.41) is 3.38. The standard InChI is InChI=1S/C17H33N3O/c1-12(2)19-17(4,16(18)21)11-13(3)20-10-6-8-14-7-5-9-15(14)20/h12-15,19H,5-11H2,1-4H3,(H2,18,21). The van der Waals surface area contributed by atoms with E-state index >= 15 is 0 Å². The molecule has 1 saturated heterocycles. The lowest BCUT2D eigenvalue weighted by atomic mass is 9.86. The van der Waals surface area contributed by atoms with Gasteiger partial charge in [0.15, 0.2) is 0 Å². The van der Waals surface area contributed by atoms with Crippen molar-refractivity contribution in [3.8, 4) is 0 Å². The maximum atomic E-state index is 11.9. The van der Waals surface area contributed by atoms with Crippen LogP contribution in [-0.2, 0) is 4.79 Å². The number of hydrogen-bond acceptors (Lipinski definition) is 3. The van der Waals surface area contributed by atoms with Crippen LogP contribution in [0.2, 0.25) is 0 Å². The fourth-order valence-electron chi connectivity index (χ4n) is 4.62. The maximum absolute atomic E-state index is 11.9. The Morgan fingerprint density at radius 3 is 2.57 bits per heavy atom. The Morgan fingerprint density at radius 1 is 1.29 bits per heavy atom. The van der Waals surface area contributed by atoms with Gasteiger partial charge in [-0.25, -0.2) is 0 Å². The van der Waals surface area contributed by atoms with E-state index in [1.54, 1.807) is 0 Å². The Kier molecular flexibility index (Phi) is 5.31. The van der Waals surface area contributed by atoms with E-state index in [4.69, 9.17) is 5.73 Å². The largest absolute Gasteiger partial charge is 0.368 e. The number of carbonyl (C=O) groups is 1. The summed E-state index contributed by atoms with van der Waals surface area (Å²) in [7, 11) is 0. The van der Waals surface area contributed by atoms with Gasteiger partial charge < -0.3 is 11.1 Å². The van der Waals surface area contributed by atoms with Crippen molar-refractivity contribution in [2.45, 2.75) is 89.9 Å². The van der Waals surface area contributed by atoms with Crippen molar-refractivity contribution in [1.82, 2.24) is 10.2 Å². The number of fused-ring (bicyclic) bond motifs is 1. The monoisotopic (exact) mass is 295 g/mol. The zero-order valence-corrected chi connectivity index (χ0v) is 14.2. The molecule has 4 nitrogen and oxygen atoms in total. The maximum Gasteiger partial charge on any atom is 0.237 e. The molecule has 0 radical (unpaired) electrons. The lowest BCUT2D eigenvalue weighted by Gasteiger charge is -2.44. The van der Waals surface area contributed by atoms with Crippen molar-refractivity contribution in [2.75, 3.05) is 6.54 Å². The Hall–Kier alpha value is -0.610. The molecule has 1 saturated carbocycles. The molecular formula is C17H33N3O. The van der Waals surface area contributed by atoms with Crippen LogP contribution in [0, 0.1) is 5.92 Å². The minimum Gasteiger partial charge on any atom is -0.368 e. The Balaban J connectivity index is 2.04. The SMILES string of the molecule is CC(C)NC(C)(CC(C)N1CCCC2CCCC21)C(N)=O. The van der Waals surface area contributed by atoms with E-state index in [1.165, 1.54) is 38.6 Å². The van der Waals surface area contributed by atoms with Crippen LogP contribution in [-0.4, -0.2) is 41.0 Å². The number of primary amides is 1. The van der Waals surface area contributed by atoms with Crippen molar-refractivity contribution in [2.24, 2.45) is 11.7 Å². The van der Waals surface area contributed by atoms with Crippen LogP contribution in [0.5, 0.6) is 0 Å². The van der Waals surface area contributed by atoms with Crippen molar-refractivity contribution in [3.63, 3.8) is 0 Å². The number of nitrogens with two attached hydrogens (primary N) is 1. The van der Waals surface area contributed by atoms with E-state index in [2.05, 4.69) is 31.0 Å². The van der Waals surface area contributed by atoms with Crippen LogP contribution in [0.3, 0.4) is 0 Å². The second-order valence-corrected chi connectivity index (χ2v) is 7.69. The molecule has 2 fully saturated rings. The second-order valence-electron chi connectivity index (χ2n) is 7.69. The summed E-state index contributed by atoms with van der Waals surface area (Å²) >= 11 is 0. The van der Waals surface area contributed by atoms with E-state index in [0.717, 1.165) is 18.4 Å². The van der Waals surface area contributed by atoms with Gasteiger partial charge in [0, 0.05) is 18.1 Å². The predicted octanol–water partition coefficient (Wildman–Crippen LogP) is 2.27. The van der Waals surface area contributed by atoms with Crippen molar-refractivity contribution in [1.29, 1.82) is 0 Å². The Labute approximate surface area is 129 Å². The Morgan fingerprint density at radius 2 is 1.95 bits per heavy atom. The highest BCUT2D eigenvalue weighted by Crippen LogP contribution is 2.38. The molecule has 4 unspecified atom stereocenters. The van der Waals surface area contributed by atoms with Gasteiger partial charge in [-0.2, -0.15) is 0 Å². The first-order valence-corrected chi connectivity index (χ1v) is 8.67. The third-order valence-corrected chi connectivity index (χ3v) is 5.46. The quantitative estimate of drug-likeness (QED) is 0.790. The van der Waals surface area contributed by atoms with Crippen molar-refractivity contribution in [3.05, 3.63) is 0 Å². The van der Waals surface area contributed by atoms with Crippen LogP contribution in [0.25, 0.3) is 0 Å². The molecule has 2 rings (SSSR count). The third-order valence-electron chi connectivity index (χ3n) is 5.46. The predicted molar refractivity (Wildman–Crippen MR) is 87.0 cm³/mol. The molecular weight excluding hydrogens is 262 g/mol. The first-order valence-electron chi connectivity index (χ1n) is 8.67. The Bertz CT molecular complexity index is 371. The minimum absolute atomic E-state index is 0.233. The summed E-state index contributed by atoms with van der Waals surface area (Å²) in [6, 6.07) is 1.40. The summed E-state index contributed by atoms with van der Waals surface area (Å²) in [5.74, 6) is 0.655. The lowest BCUT2D eigenvalue weighted by Crippen LogP contribution is -2.59. The first-order chi connectivity index (χ1) is 9.83. The molecule has 4 heteroatoms. The molecule has 1 amide bonds. The topological polar surface area (TPSA) is 58.4 Å². The smallest absolute Gasteiger partial charge is 0.237 e. The fraction of sp³-hybridized carbons (Fsp3) is 0.941. The summed E-state index contributed by atoms with van der Waals surface area (Å²) in [5.41, 5.74) is 5.07. The van der Waals surface area contributed by atoms with Crippen LogP contribution >= 0.6 is 0 Å². The number of likely N-dealkylation sites (tertiary alicyclic amines) is 1. The van der Waals surface area contributed by atoms with E-state index in [1.807, 2.05) is 6.92 Å². The fourth-order valence-corrected chi connectivity index (χ4v) is 4.62. The summed E-state index contributed by atoms with van der Waals surface area (Å²) in [6.07, 6.45) is 7.59. The van der Waals surface area contributed by atoms with Crippen LogP contribution in [0.15, 0.2) is 0 Å². The van der Waals surface area contributed by atoms with Gasteiger partial charge in [0.1, 0.15) is 0 Å². The molecule has 0 aromatic carbocycles. The van der Waals surface area contributed by atoms with E-state index in [-0.39, 0.29) is 11.9 Å². The molecule has 0 spiro atoms. The second kappa shape index (κ2) is 6.66. The van der Waals surface area contributed by atoms with E-state index in [0.29, 0.717) is 6.04 Å². The molecule has 122 valence electrons. The molecule has 0 aromatic heterocycles. The summed E-state index contributed by atoms with van der Waals surface area (Å²) < 4.78 is 0. The molecule has 3 N–H and O–H groups in total. The average Bonchev–Trinajstić information content (AvgIpc) is 2.85.